The van der Waals surface area contributed by atoms with Crippen LogP contribution in [0.15, 0.2) is 40.8 Å². The number of carbonyl (C=O) groups is 2. The lowest BCUT2D eigenvalue weighted by Gasteiger charge is -2.11. The van der Waals surface area contributed by atoms with Crippen LogP contribution >= 0.6 is 0 Å². The van der Waals surface area contributed by atoms with E-state index in [1.807, 2.05) is 30.3 Å². The molecule has 3 N–H and O–H groups in total. The number of nitrogens with one attached hydrogen (secondary N) is 2. The first kappa shape index (κ1) is 17.7. The lowest BCUT2D eigenvalue weighted by molar-refractivity contribution is -0.120. The Morgan fingerprint density at radius 1 is 1.17 bits per heavy atom. The molecule has 6 nitrogen and oxygen atoms in total. The van der Waals surface area contributed by atoms with E-state index in [0.29, 0.717) is 30.0 Å². The van der Waals surface area contributed by atoms with E-state index in [2.05, 4.69) is 10.6 Å². The smallest absolute Gasteiger partial charge is 0.255 e. The Balaban J connectivity index is 1.70. The van der Waals surface area contributed by atoms with E-state index in [0.717, 1.165) is 5.56 Å². The Kier molecular flexibility index (Phi) is 6.14. The number of carbonyl (C=O) groups excluding carboxylic acids is 2. The zero-order valence-electron chi connectivity index (χ0n) is 13.8. The lowest BCUT2D eigenvalue weighted by Crippen LogP contribution is -2.37. The number of aliphatic hydroxyl groups excluding tert-OH is 1. The van der Waals surface area contributed by atoms with Crippen LogP contribution in [0, 0.1) is 13.8 Å². The van der Waals surface area contributed by atoms with E-state index in [4.69, 9.17) is 4.42 Å². The van der Waals surface area contributed by atoms with Gasteiger partial charge in [0.2, 0.25) is 5.91 Å². The SMILES string of the molecule is Cc1cc(C(=O)NCC(=O)NCCC(O)c2ccccc2)c(C)o1. The molecule has 2 rings (SSSR count). The summed E-state index contributed by atoms with van der Waals surface area (Å²) in [5.74, 6) is 0.527. The fraction of sp³-hybridized carbons (Fsp3) is 0.333. The topological polar surface area (TPSA) is 91.6 Å². The first-order valence-corrected chi connectivity index (χ1v) is 7.82. The fourth-order valence-corrected chi connectivity index (χ4v) is 2.36. The second-order valence-corrected chi connectivity index (χ2v) is 5.57. The van der Waals surface area contributed by atoms with Gasteiger partial charge in [0.05, 0.1) is 18.2 Å². The third-order valence-electron chi connectivity index (χ3n) is 3.62. The Hall–Kier alpha value is -2.60. The molecule has 0 radical (unpaired) electrons. The monoisotopic (exact) mass is 330 g/mol. The number of rotatable bonds is 7. The molecule has 0 aliphatic rings. The number of furan rings is 1. The van der Waals surface area contributed by atoms with Gasteiger partial charge < -0.3 is 20.2 Å². The van der Waals surface area contributed by atoms with Gasteiger partial charge in [0, 0.05) is 6.54 Å². The van der Waals surface area contributed by atoms with Gasteiger partial charge in [-0.15, -0.1) is 0 Å². The molecule has 128 valence electrons. The molecule has 0 fully saturated rings. The summed E-state index contributed by atoms with van der Waals surface area (Å²) in [6.07, 6.45) is -0.221. The molecule has 6 heteroatoms. The summed E-state index contributed by atoms with van der Waals surface area (Å²) in [6, 6.07) is 10.9. The van der Waals surface area contributed by atoms with Gasteiger partial charge in [-0.1, -0.05) is 30.3 Å². The van der Waals surface area contributed by atoms with Crippen LogP contribution in [0.3, 0.4) is 0 Å². The molecule has 0 aliphatic heterocycles. The second-order valence-electron chi connectivity index (χ2n) is 5.57. The van der Waals surface area contributed by atoms with Gasteiger partial charge in [0.15, 0.2) is 0 Å². The molecular formula is C18H22N2O4. The van der Waals surface area contributed by atoms with Crippen molar-refractivity contribution in [1.82, 2.24) is 10.6 Å². The maximum Gasteiger partial charge on any atom is 0.255 e. The average Bonchev–Trinajstić information content (AvgIpc) is 2.92. The van der Waals surface area contributed by atoms with Crippen LogP contribution in [-0.4, -0.2) is 30.0 Å². The van der Waals surface area contributed by atoms with E-state index in [-0.39, 0.29) is 18.4 Å². The van der Waals surface area contributed by atoms with Crippen LogP contribution in [0.5, 0.6) is 0 Å². The third kappa shape index (κ3) is 4.96. The predicted octanol–water partition coefficient (Wildman–Crippen LogP) is 1.87. The normalized spacial score (nSPS) is 11.8. The fourth-order valence-electron chi connectivity index (χ4n) is 2.36. The molecule has 24 heavy (non-hydrogen) atoms. The van der Waals surface area contributed by atoms with Gasteiger partial charge in [-0.05, 0) is 31.9 Å². The van der Waals surface area contributed by atoms with Crippen LogP contribution < -0.4 is 10.6 Å². The third-order valence-corrected chi connectivity index (χ3v) is 3.62. The number of hydrogen-bond donors (Lipinski definition) is 3. The van der Waals surface area contributed by atoms with Gasteiger partial charge in [0.25, 0.3) is 5.91 Å². The molecule has 1 heterocycles. The second kappa shape index (κ2) is 8.31. The predicted molar refractivity (Wildman–Crippen MR) is 89.5 cm³/mol. The van der Waals surface area contributed by atoms with Crippen molar-refractivity contribution in [3.63, 3.8) is 0 Å². The summed E-state index contributed by atoms with van der Waals surface area (Å²) in [5, 5.41) is 15.2. The Morgan fingerprint density at radius 3 is 2.50 bits per heavy atom. The van der Waals surface area contributed by atoms with Crippen molar-refractivity contribution < 1.29 is 19.1 Å². The molecular weight excluding hydrogens is 308 g/mol. The molecule has 0 saturated heterocycles. The quantitative estimate of drug-likeness (QED) is 0.723. The average molecular weight is 330 g/mol. The summed E-state index contributed by atoms with van der Waals surface area (Å²) in [4.78, 5) is 23.7. The van der Waals surface area contributed by atoms with Crippen molar-refractivity contribution >= 4 is 11.8 Å². The molecule has 0 bridgehead atoms. The minimum Gasteiger partial charge on any atom is -0.466 e. The molecule has 1 unspecified atom stereocenters. The molecule has 1 aromatic carbocycles. The van der Waals surface area contributed by atoms with Crippen molar-refractivity contribution in [2.24, 2.45) is 0 Å². The summed E-state index contributed by atoms with van der Waals surface area (Å²) >= 11 is 0. The van der Waals surface area contributed by atoms with Crippen LogP contribution in [0.25, 0.3) is 0 Å². The Morgan fingerprint density at radius 2 is 1.88 bits per heavy atom. The number of benzene rings is 1. The molecule has 1 atom stereocenters. The zero-order valence-corrected chi connectivity index (χ0v) is 13.8. The molecule has 0 aliphatic carbocycles. The van der Waals surface area contributed by atoms with Gasteiger partial charge in [-0.25, -0.2) is 0 Å². The van der Waals surface area contributed by atoms with Gasteiger partial charge in [-0.2, -0.15) is 0 Å². The molecule has 1 aromatic heterocycles. The van der Waals surface area contributed by atoms with Crippen LogP contribution in [0.2, 0.25) is 0 Å². The van der Waals surface area contributed by atoms with E-state index >= 15 is 0 Å². The van der Waals surface area contributed by atoms with Gasteiger partial charge in [-0.3, -0.25) is 9.59 Å². The number of aliphatic hydroxyl groups is 1. The van der Waals surface area contributed by atoms with Gasteiger partial charge in [0.1, 0.15) is 11.5 Å². The highest BCUT2D eigenvalue weighted by molar-refractivity contribution is 5.97. The maximum absolute atomic E-state index is 12.0. The number of amides is 2. The van der Waals surface area contributed by atoms with E-state index in [9.17, 15) is 14.7 Å². The maximum atomic E-state index is 12.0. The highest BCUT2D eigenvalue weighted by Crippen LogP contribution is 2.15. The summed E-state index contributed by atoms with van der Waals surface area (Å²) < 4.78 is 5.29. The minimum absolute atomic E-state index is 0.121. The van der Waals surface area contributed by atoms with Crippen LogP contribution in [0.1, 0.15) is 40.0 Å². The van der Waals surface area contributed by atoms with Crippen LogP contribution in [0.4, 0.5) is 0 Å². The molecule has 2 aromatic rings. The lowest BCUT2D eigenvalue weighted by atomic mass is 10.1. The van der Waals surface area contributed by atoms with Crippen molar-refractivity contribution in [2.75, 3.05) is 13.1 Å². The largest absolute Gasteiger partial charge is 0.466 e. The highest BCUT2D eigenvalue weighted by Gasteiger charge is 2.14. The van der Waals surface area contributed by atoms with Crippen molar-refractivity contribution in [2.45, 2.75) is 26.4 Å². The number of hydrogen-bond acceptors (Lipinski definition) is 4. The summed E-state index contributed by atoms with van der Waals surface area (Å²) in [5.41, 5.74) is 1.24. The molecule has 0 saturated carbocycles. The first-order valence-electron chi connectivity index (χ1n) is 7.82. The molecule has 0 spiro atoms. The van der Waals surface area contributed by atoms with Crippen molar-refractivity contribution in [3.05, 3.63) is 59.0 Å². The Labute approximate surface area is 140 Å². The Bertz CT molecular complexity index is 694. The van der Waals surface area contributed by atoms with E-state index < -0.39 is 6.10 Å². The zero-order chi connectivity index (χ0) is 17.5. The first-order chi connectivity index (χ1) is 11.5. The van der Waals surface area contributed by atoms with Crippen LogP contribution in [-0.2, 0) is 4.79 Å². The molecule has 2 amide bonds. The highest BCUT2D eigenvalue weighted by atomic mass is 16.3. The summed E-state index contributed by atoms with van der Waals surface area (Å²) in [6.45, 7) is 3.67. The van der Waals surface area contributed by atoms with Crippen molar-refractivity contribution in [3.8, 4) is 0 Å². The van der Waals surface area contributed by atoms with Gasteiger partial charge >= 0.3 is 0 Å². The summed E-state index contributed by atoms with van der Waals surface area (Å²) in [7, 11) is 0. The minimum atomic E-state index is -0.627. The van der Waals surface area contributed by atoms with E-state index in [1.54, 1.807) is 19.9 Å². The van der Waals surface area contributed by atoms with Crippen molar-refractivity contribution in [1.29, 1.82) is 0 Å². The van der Waals surface area contributed by atoms with E-state index in [1.165, 1.54) is 0 Å². The standard InChI is InChI=1S/C18H22N2O4/c1-12-10-15(13(2)24-12)18(23)20-11-17(22)19-9-8-16(21)14-6-4-3-5-7-14/h3-7,10,16,21H,8-9,11H2,1-2H3,(H,19,22)(H,20,23). The number of aryl methyl sites for hydroxylation is 2.